The molecule has 2 rings (SSSR count). The summed E-state index contributed by atoms with van der Waals surface area (Å²) in [6, 6.07) is 0. The van der Waals surface area contributed by atoms with E-state index >= 15 is 0 Å². The monoisotopic (exact) mass is 312 g/mol. The first-order valence-corrected chi connectivity index (χ1v) is 6.45. The van der Waals surface area contributed by atoms with E-state index in [1.165, 1.54) is 0 Å². The highest BCUT2D eigenvalue weighted by Gasteiger charge is 2.55. The summed E-state index contributed by atoms with van der Waals surface area (Å²) in [6.45, 7) is 2.20. The Balaban J connectivity index is 2.40. The highest BCUT2D eigenvalue weighted by Crippen LogP contribution is 2.38. The average Bonchev–Trinajstić information content (AvgIpc) is 2.76. The van der Waals surface area contributed by atoms with E-state index < -0.39 is 41.3 Å². The second-order valence-corrected chi connectivity index (χ2v) is 5.16. The molecule has 1 aliphatic rings. The first-order chi connectivity index (χ1) is 10.2. The van der Waals surface area contributed by atoms with Crippen molar-refractivity contribution in [1.29, 1.82) is 0 Å². The molecule has 10 nitrogen and oxygen atoms in total. The van der Waals surface area contributed by atoms with Gasteiger partial charge in [0.15, 0.2) is 17.2 Å². The van der Waals surface area contributed by atoms with Gasteiger partial charge in [-0.2, -0.15) is 4.98 Å². The molecule has 1 unspecified atom stereocenters. The number of nitrogens with two attached hydrogens (primary N) is 1. The zero-order chi connectivity index (χ0) is 16.7. The number of aromatic nitrogens is 3. The van der Waals surface area contributed by atoms with Crippen LogP contribution in [-0.4, -0.2) is 54.1 Å². The van der Waals surface area contributed by atoms with Crippen LogP contribution in [0.5, 0.6) is 0 Å². The Morgan fingerprint density at radius 2 is 2.18 bits per heavy atom. The van der Waals surface area contributed by atoms with Gasteiger partial charge in [-0.25, -0.2) is 9.78 Å². The number of carbonyl (C=O) groups is 2. The van der Waals surface area contributed by atoms with Gasteiger partial charge in [0.05, 0.1) is 0 Å². The molecule has 1 fully saturated rings. The molecule has 1 aliphatic heterocycles. The SMILES string of the molecule is CC(=O)C(O)[C@H]1O[C@@H](n2cnc(N)nc2=O)C[C@@]1(O)C(C)=O. The van der Waals surface area contributed by atoms with E-state index in [1.807, 2.05) is 0 Å². The van der Waals surface area contributed by atoms with Crippen molar-refractivity contribution in [2.45, 2.75) is 44.3 Å². The van der Waals surface area contributed by atoms with E-state index in [9.17, 15) is 24.6 Å². The molecule has 0 amide bonds. The maximum atomic E-state index is 11.8. The van der Waals surface area contributed by atoms with Gasteiger partial charge in [-0.3, -0.25) is 14.2 Å². The summed E-state index contributed by atoms with van der Waals surface area (Å²) in [4.78, 5) is 41.9. The topological polar surface area (TPSA) is 158 Å². The predicted molar refractivity (Wildman–Crippen MR) is 71.6 cm³/mol. The van der Waals surface area contributed by atoms with E-state index in [0.29, 0.717) is 0 Å². The number of aliphatic hydroxyl groups is 2. The van der Waals surface area contributed by atoms with Crippen LogP contribution >= 0.6 is 0 Å². The van der Waals surface area contributed by atoms with Crippen LogP contribution in [0.2, 0.25) is 0 Å². The summed E-state index contributed by atoms with van der Waals surface area (Å²) in [5.41, 5.74) is 2.39. The van der Waals surface area contributed by atoms with Crippen LogP contribution in [0.4, 0.5) is 5.95 Å². The van der Waals surface area contributed by atoms with Crippen LogP contribution in [-0.2, 0) is 14.3 Å². The number of ketones is 2. The number of aliphatic hydroxyl groups excluding tert-OH is 1. The largest absolute Gasteiger partial charge is 0.382 e. The predicted octanol–water partition coefficient (Wildman–Crippen LogP) is -2.22. The molecule has 0 aliphatic carbocycles. The van der Waals surface area contributed by atoms with Gasteiger partial charge in [-0.15, -0.1) is 0 Å². The van der Waals surface area contributed by atoms with E-state index in [2.05, 4.69) is 9.97 Å². The van der Waals surface area contributed by atoms with E-state index in [0.717, 1.165) is 24.7 Å². The van der Waals surface area contributed by atoms with Crippen molar-refractivity contribution in [1.82, 2.24) is 14.5 Å². The Bertz CT molecular complexity index is 674. The summed E-state index contributed by atoms with van der Waals surface area (Å²) in [6.07, 6.45) is -3.58. The standard InChI is InChI=1S/C12H16N4O6/c1-5(17)8(19)9-12(21,6(2)18)3-7(22-9)16-4-14-10(13)15-11(16)20/h4,7-9,19,21H,3H2,1-2H3,(H2,13,15,20)/t7-,8?,9-,12-/m1/s1. The molecule has 0 radical (unpaired) electrons. The number of hydrogen-bond acceptors (Lipinski definition) is 9. The summed E-state index contributed by atoms with van der Waals surface area (Å²) >= 11 is 0. The van der Waals surface area contributed by atoms with Crippen LogP contribution in [0.3, 0.4) is 0 Å². The zero-order valence-corrected chi connectivity index (χ0v) is 12.0. The van der Waals surface area contributed by atoms with Gasteiger partial charge in [0.25, 0.3) is 0 Å². The molecule has 2 heterocycles. The minimum absolute atomic E-state index is 0.235. The van der Waals surface area contributed by atoms with Crippen LogP contribution in [0.25, 0.3) is 0 Å². The van der Waals surface area contributed by atoms with Crippen molar-refractivity contribution in [3.63, 3.8) is 0 Å². The Kier molecular flexibility index (Phi) is 4.09. The first kappa shape index (κ1) is 16.2. The number of rotatable bonds is 4. The van der Waals surface area contributed by atoms with Crippen LogP contribution < -0.4 is 11.4 Å². The Labute approximate surface area is 124 Å². The molecule has 10 heteroatoms. The maximum absolute atomic E-state index is 11.8. The summed E-state index contributed by atoms with van der Waals surface area (Å²) in [7, 11) is 0. The molecule has 0 aromatic carbocycles. The molecule has 1 aromatic heterocycles. The third-order valence-electron chi connectivity index (χ3n) is 3.63. The lowest BCUT2D eigenvalue weighted by atomic mass is 9.86. The van der Waals surface area contributed by atoms with Gasteiger partial charge in [0.1, 0.15) is 24.8 Å². The zero-order valence-electron chi connectivity index (χ0n) is 12.0. The van der Waals surface area contributed by atoms with Gasteiger partial charge in [-0.1, -0.05) is 0 Å². The number of nitrogens with zero attached hydrogens (tertiary/aromatic N) is 3. The number of anilines is 1. The first-order valence-electron chi connectivity index (χ1n) is 6.45. The third kappa shape index (κ3) is 2.63. The molecule has 0 bridgehead atoms. The van der Waals surface area contributed by atoms with Crippen molar-refractivity contribution >= 4 is 17.5 Å². The van der Waals surface area contributed by atoms with Crippen molar-refractivity contribution in [3.8, 4) is 0 Å². The Morgan fingerprint density at radius 3 is 2.68 bits per heavy atom. The van der Waals surface area contributed by atoms with Gasteiger partial charge < -0.3 is 20.7 Å². The summed E-state index contributed by atoms with van der Waals surface area (Å²) < 4.78 is 6.30. The fraction of sp³-hybridized carbons (Fsp3) is 0.583. The molecule has 22 heavy (non-hydrogen) atoms. The minimum Gasteiger partial charge on any atom is -0.382 e. The lowest BCUT2D eigenvalue weighted by Gasteiger charge is -2.27. The van der Waals surface area contributed by atoms with E-state index in [4.69, 9.17) is 10.5 Å². The smallest absolute Gasteiger partial charge is 0.354 e. The third-order valence-corrected chi connectivity index (χ3v) is 3.63. The highest BCUT2D eigenvalue weighted by atomic mass is 16.6. The number of hydrogen-bond donors (Lipinski definition) is 3. The Hall–Kier alpha value is -2.17. The van der Waals surface area contributed by atoms with Crippen molar-refractivity contribution in [3.05, 3.63) is 16.8 Å². The molecular formula is C12H16N4O6. The molecule has 0 spiro atoms. The second-order valence-electron chi connectivity index (χ2n) is 5.16. The lowest BCUT2D eigenvalue weighted by molar-refractivity contribution is -0.158. The molecule has 0 saturated carbocycles. The molecule has 4 atom stereocenters. The minimum atomic E-state index is -2.10. The molecule has 120 valence electrons. The average molecular weight is 312 g/mol. The van der Waals surface area contributed by atoms with Crippen LogP contribution in [0, 0.1) is 0 Å². The number of carbonyl (C=O) groups excluding carboxylic acids is 2. The van der Waals surface area contributed by atoms with Crippen LogP contribution in [0.15, 0.2) is 11.1 Å². The normalized spacial score (nSPS) is 29.3. The summed E-state index contributed by atoms with van der Waals surface area (Å²) in [5.74, 6) is -1.60. The van der Waals surface area contributed by atoms with Gasteiger partial charge >= 0.3 is 5.69 Å². The molecule has 4 N–H and O–H groups in total. The fourth-order valence-corrected chi connectivity index (χ4v) is 2.32. The number of Topliss-reactive ketones (excluding diaryl/α,β-unsaturated/α-hetero) is 2. The van der Waals surface area contributed by atoms with Gasteiger partial charge in [-0.05, 0) is 13.8 Å². The molecule has 1 aromatic rings. The quantitative estimate of drug-likeness (QED) is 0.559. The fourth-order valence-electron chi connectivity index (χ4n) is 2.32. The van der Waals surface area contributed by atoms with E-state index in [1.54, 1.807) is 0 Å². The lowest BCUT2D eigenvalue weighted by Crippen LogP contribution is -2.52. The highest BCUT2D eigenvalue weighted by molar-refractivity contribution is 5.88. The van der Waals surface area contributed by atoms with E-state index in [-0.39, 0.29) is 12.4 Å². The van der Waals surface area contributed by atoms with Gasteiger partial charge in [0.2, 0.25) is 5.95 Å². The Morgan fingerprint density at radius 1 is 1.55 bits per heavy atom. The van der Waals surface area contributed by atoms with Crippen molar-refractivity contribution in [2.75, 3.05) is 5.73 Å². The van der Waals surface area contributed by atoms with Crippen LogP contribution in [0.1, 0.15) is 26.5 Å². The van der Waals surface area contributed by atoms with Gasteiger partial charge in [0, 0.05) is 6.42 Å². The van der Waals surface area contributed by atoms with Crippen molar-refractivity contribution in [2.24, 2.45) is 0 Å². The molecule has 1 saturated heterocycles. The number of nitrogen functional groups attached to an aromatic ring is 1. The second kappa shape index (κ2) is 5.55. The summed E-state index contributed by atoms with van der Waals surface area (Å²) in [5, 5.41) is 20.3. The molecular weight excluding hydrogens is 296 g/mol. The van der Waals surface area contributed by atoms with Crippen molar-refractivity contribution < 1.29 is 24.5 Å². The maximum Gasteiger partial charge on any atom is 0.354 e. The number of ether oxygens (including phenoxy) is 1.